The normalized spacial score (nSPS) is 15.1. The van der Waals surface area contributed by atoms with Crippen LogP contribution in [0.4, 0.5) is 10.1 Å². The second-order valence-electron chi connectivity index (χ2n) is 9.43. The molecule has 1 saturated heterocycles. The number of aryl methyl sites for hydroxylation is 1. The summed E-state index contributed by atoms with van der Waals surface area (Å²) in [6, 6.07) is 10.4. The van der Waals surface area contributed by atoms with Crippen LogP contribution in [0, 0.1) is 5.82 Å². The molecule has 7 nitrogen and oxygen atoms in total. The molecule has 1 fully saturated rings. The first-order valence-corrected chi connectivity index (χ1v) is 12.7. The van der Waals surface area contributed by atoms with Crippen molar-refractivity contribution in [1.82, 2.24) is 19.0 Å². The van der Waals surface area contributed by atoms with E-state index in [0.717, 1.165) is 46.5 Å². The highest BCUT2D eigenvalue weighted by atomic mass is 79.9. The van der Waals surface area contributed by atoms with E-state index in [4.69, 9.17) is 9.72 Å². The fourth-order valence-corrected chi connectivity index (χ4v) is 5.21. The monoisotopic (exact) mass is 553 g/mol. The van der Waals surface area contributed by atoms with Crippen LogP contribution in [0.3, 0.4) is 0 Å². The van der Waals surface area contributed by atoms with Crippen LogP contribution in [0.15, 0.2) is 64.3 Å². The Morgan fingerprint density at radius 1 is 1.17 bits per heavy atom. The highest BCUT2D eigenvalue weighted by Gasteiger charge is 2.20. The second kappa shape index (κ2) is 10.2. The molecule has 0 spiro atoms. The Morgan fingerprint density at radius 3 is 2.64 bits per heavy atom. The van der Waals surface area contributed by atoms with E-state index >= 15 is 0 Å². The lowest BCUT2D eigenvalue weighted by Crippen LogP contribution is -2.36. The lowest BCUT2D eigenvalue weighted by molar-refractivity contribution is 0.122. The summed E-state index contributed by atoms with van der Waals surface area (Å²) in [5, 5.41) is 1.01. The number of hydrogen-bond donors (Lipinski definition) is 0. The molecule has 0 aliphatic carbocycles. The summed E-state index contributed by atoms with van der Waals surface area (Å²) in [5.41, 5.74) is 4.47. The van der Waals surface area contributed by atoms with Crippen LogP contribution in [0.1, 0.15) is 11.6 Å². The van der Waals surface area contributed by atoms with E-state index < -0.39 is 0 Å². The SMILES string of the molecule is CN(C)CC(c1ccc(F)c(Br)c1)n1ccc(-c2cn(C)c3ncc(N4CCOCC4)cc23)cc1=O. The molecule has 1 aromatic carbocycles. The largest absolute Gasteiger partial charge is 0.378 e. The van der Waals surface area contributed by atoms with Gasteiger partial charge in [-0.2, -0.15) is 0 Å². The number of rotatable bonds is 6. The molecule has 36 heavy (non-hydrogen) atoms. The number of halogens is 2. The molecule has 4 heterocycles. The molecule has 0 N–H and O–H groups in total. The molecule has 0 amide bonds. The molecular formula is C27H29BrFN5O2. The molecule has 1 aliphatic rings. The standard InChI is InChI=1S/C27H29BrFN5O2/c1-31(2)17-25(19-4-5-24(29)23(28)12-19)34-7-6-18(13-26(34)35)22-16-32(3)27-21(22)14-20(15-30-27)33-8-10-36-11-9-33/h4-7,12-16,25H,8-11,17H2,1-3H3. The maximum Gasteiger partial charge on any atom is 0.251 e. The molecule has 1 atom stereocenters. The van der Waals surface area contributed by atoms with Gasteiger partial charge in [0.25, 0.3) is 5.56 Å². The number of anilines is 1. The molecule has 5 rings (SSSR count). The van der Waals surface area contributed by atoms with Crippen molar-refractivity contribution in [2.75, 3.05) is 51.8 Å². The van der Waals surface area contributed by atoms with E-state index in [-0.39, 0.29) is 17.4 Å². The summed E-state index contributed by atoms with van der Waals surface area (Å²) in [6.45, 7) is 3.67. The van der Waals surface area contributed by atoms with E-state index in [2.05, 4.69) is 26.9 Å². The average molecular weight is 554 g/mol. The lowest BCUT2D eigenvalue weighted by Gasteiger charge is -2.28. The molecule has 0 radical (unpaired) electrons. The quantitative estimate of drug-likeness (QED) is 0.356. The molecule has 3 aromatic heterocycles. The smallest absolute Gasteiger partial charge is 0.251 e. The third-order valence-corrected chi connectivity index (χ3v) is 7.24. The van der Waals surface area contributed by atoms with Crippen molar-refractivity contribution in [3.05, 3.63) is 81.2 Å². The number of pyridine rings is 2. The molecule has 0 bridgehead atoms. The summed E-state index contributed by atoms with van der Waals surface area (Å²) >= 11 is 3.28. The van der Waals surface area contributed by atoms with Gasteiger partial charge in [0.05, 0.1) is 35.6 Å². The van der Waals surface area contributed by atoms with Gasteiger partial charge in [-0.05, 0) is 65.4 Å². The highest BCUT2D eigenvalue weighted by molar-refractivity contribution is 9.10. The molecule has 1 unspecified atom stereocenters. The highest BCUT2D eigenvalue weighted by Crippen LogP contribution is 2.32. The summed E-state index contributed by atoms with van der Waals surface area (Å²) in [4.78, 5) is 22.4. The lowest BCUT2D eigenvalue weighted by atomic mass is 10.0. The topological polar surface area (TPSA) is 55.5 Å². The van der Waals surface area contributed by atoms with Gasteiger partial charge < -0.3 is 23.7 Å². The first-order valence-electron chi connectivity index (χ1n) is 11.9. The predicted octanol–water partition coefficient (Wildman–Crippen LogP) is 4.29. The number of ether oxygens (including phenoxy) is 1. The fraction of sp³-hybridized carbons (Fsp3) is 0.333. The predicted molar refractivity (Wildman–Crippen MR) is 144 cm³/mol. The van der Waals surface area contributed by atoms with Crippen LogP contribution in [0.25, 0.3) is 22.2 Å². The van der Waals surface area contributed by atoms with E-state index in [9.17, 15) is 9.18 Å². The summed E-state index contributed by atoms with van der Waals surface area (Å²) in [7, 11) is 5.88. The summed E-state index contributed by atoms with van der Waals surface area (Å²) in [6.07, 6.45) is 5.76. The Labute approximate surface area is 217 Å². The minimum absolute atomic E-state index is 0.117. The molecule has 9 heteroatoms. The molecule has 4 aromatic rings. The van der Waals surface area contributed by atoms with Crippen molar-refractivity contribution in [3.8, 4) is 11.1 Å². The Hall–Kier alpha value is -3.01. The Balaban J connectivity index is 1.55. The van der Waals surface area contributed by atoms with Crippen LogP contribution < -0.4 is 10.5 Å². The Morgan fingerprint density at radius 2 is 1.94 bits per heavy atom. The van der Waals surface area contributed by atoms with Gasteiger partial charge in [0.15, 0.2) is 0 Å². The number of likely N-dealkylation sites (N-methyl/N-ethyl adjacent to an activating group) is 1. The minimum atomic E-state index is -0.328. The third kappa shape index (κ3) is 4.83. The zero-order valence-corrected chi connectivity index (χ0v) is 22.2. The second-order valence-corrected chi connectivity index (χ2v) is 10.3. The molecular weight excluding hydrogens is 525 g/mol. The van der Waals surface area contributed by atoms with Gasteiger partial charge >= 0.3 is 0 Å². The van der Waals surface area contributed by atoms with Crippen LogP contribution in [-0.4, -0.2) is 66.0 Å². The van der Waals surface area contributed by atoms with Gasteiger partial charge in [0, 0.05) is 56.1 Å². The van der Waals surface area contributed by atoms with E-state index in [0.29, 0.717) is 24.2 Å². The number of benzene rings is 1. The van der Waals surface area contributed by atoms with Gasteiger partial charge in [-0.1, -0.05) is 6.07 Å². The Bertz CT molecular complexity index is 1460. The number of morpholine rings is 1. The first kappa shape index (κ1) is 24.7. The van der Waals surface area contributed by atoms with Crippen molar-refractivity contribution in [3.63, 3.8) is 0 Å². The van der Waals surface area contributed by atoms with Gasteiger partial charge in [-0.25, -0.2) is 9.37 Å². The van der Waals surface area contributed by atoms with Gasteiger partial charge in [0.1, 0.15) is 11.5 Å². The summed E-state index contributed by atoms with van der Waals surface area (Å²) < 4.78 is 23.5. The molecule has 188 valence electrons. The maximum absolute atomic E-state index is 13.9. The van der Waals surface area contributed by atoms with Crippen LogP contribution in [0.2, 0.25) is 0 Å². The van der Waals surface area contributed by atoms with E-state index in [1.807, 2.05) is 55.3 Å². The number of nitrogens with zero attached hydrogens (tertiary/aromatic N) is 5. The number of hydrogen-bond acceptors (Lipinski definition) is 5. The molecule has 1 aliphatic heterocycles. The van der Waals surface area contributed by atoms with Crippen molar-refractivity contribution >= 4 is 32.7 Å². The Kier molecular flexibility index (Phi) is 6.96. The van der Waals surface area contributed by atoms with E-state index in [1.54, 1.807) is 22.8 Å². The first-order chi connectivity index (χ1) is 17.3. The maximum atomic E-state index is 13.9. The average Bonchev–Trinajstić information content (AvgIpc) is 3.20. The van der Waals surface area contributed by atoms with Gasteiger partial charge in [0.2, 0.25) is 0 Å². The van der Waals surface area contributed by atoms with Crippen molar-refractivity contribution in [2.45, 2.75) is 6.04 Å². The van der Waals surface area contributed by atoms with E-state index in [1.165, 1.54) is 6.07 Å². The van der Waals surface area contributed by atoms with Crippen molar-refractivity contribution < 1.29 is 9.13 Å². The third-order valence-electron chi connectivity index (χ3n) is 6.64. The van der Waals surface area contributed by atoms with Crippen LogP contribution in [0.5, 0.6) is 0 Å². The van der Waals surface area contributed by atoms with Gasteiger partial charge in [-0.15, -0.1) is 0 Å². The zero-order valence-electron chi connectivity index (χ0n) is 20.6. The van der Waals surface area contributed by atoms with Crippen molar-refractivity contribution in [2.24, 2.45) is 7.05 Å². The number of aromatic nitrogens is 3. The number of fused-ring (bicyclic) bond motifs is 1. The zero-order chi connectivity index (χ0) is 25.4. The molecule has 0 saturated carbocycles. The van der Waals surface area contributed by atoms with Crippen LogP contribution >= 0.6 is 15.9 Å². The minimum Gasteiger partial charge on any atom is -0.378 e. The van der Waals surface area contributed by atoms with Crippen LogP contribution in [-0.2, 0) is 11.8 Å². The summed E-state index contributed by atoms with van der Waals surface area (Å²) in [5.74, 6) is -0.328. The van der Waals surface area contributed by atoms with Gasteiger partial charge in [-0.3, -0.25) is 4.79 Å². The fourth-order valence-electron chi connectivity index (χ4n) is 4.81. The van der Waals surface area contributed by atoms with Crippen molar-refractivity contribution in [1.29, 1.82) is 0 Å².